The van der Waals surface area contributed by atoms with Gasteiger partial charge in [0.05, 0.1) is 12.7 Å². The van der Waals surface area contributed by atoms with E-state index < -0.39 is 5.97 Å². The summed E-state index contributed by atoms with van der Waals surface area (Å²) in [6.07, 6.45) is 7.94. The highest BCUT2D eigenvalue weighted by Crippen LogP contribution is 2.59. The van der Waals surface area contributed by atoms with Crippen LogP contribution in [0.4, 0.5) is 0 Å². The second-order valence-electron chi connectivity index (χ2n) is 8.95. The molecule has 0 radical (unpaired) electrons. The Hall–Kier alpha value is -2.04. The predicted octanol–water partition coefficient (Wildman–Crippen LogP) is 3.49. The minimum absolute atomic E-state index is 0.210. The van der Waals surface area contributed by atoms with Crippen molar-refractivity contribution in [2.24, 2.45) is 23.2 Å². The number of hydrogen-bond donors (Lipinski definition) is 1. The monoisotopic (exact) mass is 371 g/mol. The van der Waals surface area contributed by atoms with Gasteiger partial charge in [-0.05, 0) is 86.3 Å². The molecule has 5 rings (SSSR count). The van der Waals surface area contributed by atoms with E-state index in [1.165, 1.54) is 38.5 Å². The first-order chi connectivity index (χ1) is 13.0. The van der Waals surface area contributed by atoms with E-state index in [-0.39, 0.29) is 12.5 Å². The summed E-state index contributed by atoms with van der Waals surface area (Å²) in [7, 11) is 1.56. The molecule has 146 valence electrons. The van der Waals surface area contributed by atoms with Gasteiger partial charge in [0.1, 0.15) is 5.75 Å². The molecule has 1 aromatic carbocycles. The average Bonchev–Trinajstić information content (AvgIpc) is 2.64. The third-order valence-electron chi connectivity index (χ3n) is 6.80. The van der Waals surface area contributed by atoms with Crippen LogP contribution in [0, 0.1) is 30.1 Å². The van der Waals surface area contributed by atoms with E-state index in [2.05, 4.69) is 5.32 Å². The number of nitrogens with one attached hydrogen (secondary N) is 1. The van der Waals surface area contributed by atoms with Crippen molar-refractivity contribution in [2.45, 2.75) is 45.4 Å². The first kappa shape index (κ1) is 18.3. The molecule has 4 fully saturated rings. The number of benzene rings is 1. The van der Waals surface area contributed by atoms with Crippen LogP contribution in [0.1, 0.15) is 54.4 Å². The number of esters is 1. The molecule has 0 aliphatic heterocycles. The van der Waals surface area contributed by atoms with Crippen LogP contribution in [0.15, 0.2) is 18.2 Å². The molecule has 4 saturated carbocycles. The molecule has 0 spiro atoms. The molecular formula is C22H29NO4. The van der Waals surface area contributed by atoms with Crippen molar-refractivity contribution in [3.63, 3.8) is 0 Å². The maximum atomic E-state index is 12.2. The van der Waals surface area contributed by atoms with Crippen LogP contribution in [-0.2, 0) is 9.53 Å². The zero-order valence-corrected chi connectivity index (χ0v) is 16.3. The summed E-state index contributed by atoms with van der Waals surface area (Å²) in [6.45, 7) is 2.40. The Bertz CT molecular complexity index is 707. The first-order valence-electron chi connectivity index (χ1n) is 10.0. The van der Waals surface area contributed by atoms with Gasteiger partial charge >= 0.3 is 5.97 Å². The van der Waals surface area contributed by atoms with Gasteiger partial charge in [0.15, 0.2) is 6.61 Å². The van der Waals surface area contributed by atoms with Crippen molar-refractivity contribution in [3.05, 3.63) is 29.3 Å². The summed E-state index contributed by atoms with van der Waals surface area (Å²) in [5.74, 6) is 2.51. The number of aryl methyl sites for hydroxylation is 1. The van der Waals surface area contributed by atoms with E-state index in [1.807, 2.05) is 13.0 Å². The van der Waals surface area contributed by atoms with E-state index in [9.17, 15) is 9.59 Å². The smallest absolute Gasteiger partial charge is 0.338 e. The Kier molecular flexibility index (Phi) is 4.87. The molecule has 4 aliphatic carbocycles. The molecule has 5 heteroatoms. The lowest BCUT2D eigenvalue weighted by Gasteiger charge is -2.56. The fourth-order valence-corrected chi connectivity index (χ4v) is 6.01. The number of hydrogen-bond acceptors (Lipinski definition) is 4. The second kappa shape index (κ2) is 7.17. The van der Waals surface area contributed by atoms with E-state index in [0.29, 0.717) is 16.7 Å². The van der Waals surface area contributed by atoms with E-state index >= 15 is 0 Å². The van der Waals surface area contributed by atoms with Crippen molar-refractivity contribution in [1.29, 1.82) is 0 Å². The van der Waals surface area contributed by atoms with Crippen LogP contribution >= 0.6 is 0 Å². The summed E-state index contributed by atoms with van der Waals surface area (Å²) in [6, 6.07) is 5.14. The van der Waals surface area contributed by atoms with Gasteiger partial charge in [-0.3, -0.25) is 4.79 Å². The van der Waals surface area contributed by atoms with Crippen LogP contribution in [-0.4, -0.2) is 32.1 Å². The van der Waals surface area contributed by atoms with E-state index in [4.69, 9.17) is 9.47 Å². The first-order valence-corrected chi connectivity index (χ1v) is 10.0. The molecule has 4 aliphatic rings. The summed E-state index contributed by atoms with van der Waals surface area (Å²) in [4.78, 5) is 24.4. The van der Waals surface area contributed by atoms with Crippen molar-refractivity contribution >= 4 is 11.9 Å². The number of ether oxygens (including phenoxy) is 2. The normalized spacial score (nSPS) is 30.8. The van der Waals surface area contributed by atoms with Gasteiger partial charge in [-0.1, -0.05) is 6.07 Å². The lowest BCUT2D eigenvalue weighted by molar-refractivity contribution is -0.126. The Morgan fingerprint density at radius 2 is 1.74 bits per heavy atom. The fraction of sp³-hybridized carbons (Fsp3) is 0.636. The van der Waals surface area contributed by atoms with Gasteiger partial charge in [0, 0.05) is 6.54 Å². The van der Waals surface area contributed by atoms with Gasteiger partial charge in [-0.2, -0.15) is 0 Å². The Morgan fingerprint density at radius 1 is 1.11 bits per heavy atom. The molecule has 0 heterocycles. The zero-order chi connectivity index (χ0) is 19.0. The molecule has 1 amide bonds. The summed E-state index contributed by atoms with van der Waals surface area (Å²) < 4.78 is 10.4. The van der Waals surface area contributed by atoms with E-state index in [0.717, 1.165) is 29.9 Å². The molecule has 1 aromatic rings. The van der Waals surface area contributed by atoms with Gasteiger partial charge < -0.3 is 14.8 Å². The molecule has 4 bridgehead atoms. The highest BCUT2D eigenvalue weighted by molar-refractivity contribution is 5.91. The number of carbonyl (C=O) groups excluding carboxylic acids is 2. The molecule has 1 N–H and O–H groups in total. The molecule has 0 atom stereocenters. The van der Waals surface area contributed by atoms with Crippen LogP contribution < -0.4 is 10.1 Å². The molecule has 5 nitrogen and oxygen atoms in total. The second-order valence-corrected chi connectivity index (χ2v) is 8.95. The quantitative estimate of drug-likeness (QED) is 0.778. The number of amides is 1. The Morgan fingerprint density at radius 3 is 2.33 bits per heavy atom. The number of methoxy groups -OCH3 is 1. The van der Waals surface area contributed by atoms with Crippen LogP contribution in [0.25, 0.3) is 0 Å². The van der Waals surface area contributed by atoms with Gasteiger partial charge in [0.25, 0.3) is 5.91 Å². The van der Waals surface area contributed by atoms with Gasteiger partial charge in [-0.15, -0.1) is 0 Å². The largest absolute Gasteiger partial charge is 0.496 e. The minimum Gasteiger partial charge on any atom is -0.496 e. The average molecular weight is 371 g/mol. The van der Waals surface area contributed by atoms with Crippen LogP contribution in [0.5, 0.6) is 5.75 Å². The van der Waals surface area contributed by atoms with Gasteiger partial charge in [0.2, 0.25) is 0 Å². The van der Waals surface area contributed by atoms with Crippen molar-refractivity contribution in [2.75, 3.05) is 20.3 Å². The summed E-state index contributed by atoms with van der Waals surface area (Å²) in [5.41, 5.74) is 1.63. The third kappa shape index (κ3) is 3.83. The number of rotatable bonds is 6. The lowest BCUT2D eigenvalue weighted by atomic mass is 9.49. The maximum Gasteiger partial charge on any atom is 0.338 e. The minimum atomic E-state index is -0.502. The molecular weight excluding hydrogens is 342 g/mol. The van der Waals surface area contributed by atoms with Gasteiger partial charge in [-0.25, -0.2) is 4.79 Å². The third-order valence-corrected chi connectivity index (χ3v) is 6.80. The Balaban J connectivity index is 1.27. The fourth-order valence-electron chi connectivity index (χ4n) is 6.01. The highest BCUT2D eigenvalue weighted by atomic mass is 16.5. The molecule has 0 unspecified atom stereocenters. The standard InChI is InChI=1S/C22H29NO4/c1-14-3-4-18(8-19(14)26-2)21(25)27-12-20(24)23-13-22-9-15-5-16(10-22)7-17(6-15)11-22/h3-4,8,15-17H,5-7,9-13H2,1-2H3,(H,23,24). The van der Waals surface area contributed by atoms with Crippen LogP contribution in [0.2, 0.25) is 0 Å². The predicted molar refractivity (Wildman–Crippen MR) is 102 cm³/mol. The van der Waals surface area contributed by atoms with Crippen molar-refractivity contribution in [1.82, 2.24) is 5.32 Å². The lowest BCUT2D eigenvalue weighted by Crippen LogP contribution is -2.51. The zero-order valence-electron chi connectivity index (χ0n) is 16.3. The highest BCUT2D eigenvalue weighted by Gasteiger charge is 2.50. The topological polar surface area (TPSA) is 64.6 Å². The molecule has 0 saturated heterocycles. The maximum absolute atomic E-state index is 12.2. The molecule has 27 heavy (non-hydrogen) atoms. The summed E-state index contributed by atoms with van der Waals surface area (Å²) in [5, 5.41) is 3.04. The SMILES string of the molecule is COc1cc(C(=O)OCC(=O)NCC23CC4CC(CC(C4)C2)C3)ccc1C. The van der Waals surface area contributed by atoms with Crippen LogP contribution in [0.3, 0.4) is 0 Å². The summed E-state index contributed by atoms with van der Waals surface area (Å²) >= 11 is 0. The van der Waals surface area contributed by atoms with Crippen molar-refractivity contribution < 1.29 is 19.1 Å². The Labute approximate surface area is 160 Å². The van der Waals surface area contributed by atoms with E-state index in [1.54, 1.807) is 19.2 Å². The number of carbonyl (C=O) groups is 2. The molecule has 0 aromatic heterocycles. The van der Waals surface area contributed by atoms with Crippen molar-refractivity contribution in [3.8, 4) is 5.75 Å².